The predicted octanol–water partition coefficient (Wildman–Crippen LogP) is 3.63. The van der Waals surface area contributed by atoms with Crippen molar-refractivity contribution < 1.29 is 22.0 Å². The normalized spacial score (nSPS) is 15.5. The molecule has 0 saturated carbocycles. The SMILES string of the molecule is O=C(CSc1nnc(-c2ccco2)o1)Nc1ccc(S(=O)(=O)N2CCCCCC2)cc1. The maximum Gasteiger partial charge on any atom is 0.284 e. The lowest BCUT2D eigenvalue weighted by Gasteiger charge is -2.20. The fourth-order valence-corrected chi connectivity index (χ4v) is 5.31. The van der Waals surface area contributed by atoms with E-state index in [4.69, 9.17) is 8.83 Å². The zero-order valence-electron chi connectivity index (χ0n) is 16.7. The summed E-state index contributed by atoms with van der Waals surface area (Å²) in [5.41, 5.74) is 0.516. The van der Waals surface area contributed by atoms with Crippen LogP contribution in [0, 0.1) is 0 Å². The van der Waals surface area contributed by atoms with Crippen LogP contribution in [0.1, 0.15) is 25.7 Å². The fraction of sp³-hybridized carbons (Fsp3) is 0.350. The summed E-state index contributed by atoms with van der Waals surface area (Å²) >= 11 is 1.10. The van der Waals surface area contributed by atoms with Crippen molar-refractivity contribution in [2.24, 2.45) is 0 Å². The first kappa shape index (κ1) is 21.6. The number of anilines is 1. The Labute approximate surface area is 184 Å². The minimum Gasteiger partial charge on any atom is -0.459 e. The highest BCUT2D eigenvalue weighted by Gasteiger charge is 2.25. The molecular formula is C20H22N4O5S2. The third kappa shape index (κ3) is 5.35. The average Bonchev–Trinajstić information content (AvgIpc) is 3.39. The van der Waals surface area contributed by atoms with Crippen LogP contribution in [0.4, 0.5) is 5.69 Å². The van der Waals surface area contributed by atoms with Crippen LogP contribution in [0.3, 0.4) is 0 Å². The third-order valence-corrected chi connectivity index (χ3v) is 7.54. The highest BCUT2D eigenvalue weighted by molar-refractivity contribution is 7.99. The molecule has 4 rings (SSSR count). The van der Waals surface area contributed by atoms with Gasteiger partial charge in [-0.05, 0) is 49.2 Å². The van der Waals surface area contributed by atoms with Crippen LogP contribution in [-0.2, 0) is 14.8 Å². The second kappa shape index (κ2) is 9.67. The van der Waals surface area contributed by atoms with Gasteiger partial charge in [-0.3, -0.25) is 4.79 Å². The van der Waals surface area contributed by atoms with Crippen molar-refractivity contribution in [3.63, 3.8) is 0 Å². The van der Waals surface area contributed by atoms with Gasteiger partial charge in [-0.25, -0.2) is 8.42 Å². The van der Waals surface area contributed by atoms with E-state index in [0.29, 0.717) is 24.5 Å². The second-order valence-electron chi connectivity index (χ2n) is 7.03. The molecule has 0 spiro atoms. The zero-order chi connectivity index (χ0) is 21.7. The van der Waals surface area contributed by atoms with Crippen molar-refractivity contribution in [2.45, 2.75) is 35.8 Å². The minimum absolute atomic E-state index is 0.0631. The van der Waals surface area contributed by atoms with Crippen LogP contribution >= 0.6 is 11.8 Å². The number of carbonyl (C=O) groups is 1. The Bertz CT molecular complexity index is 1100. The molecule has 2 aromatic heterocycles. The first-order valence-electron chi connectivity index (χ1n) is 9.92. The zero-order valence-corrected chi connectivity index (χ0v) is 18.3. The Balaban J connectivity index is 1.32. The molecule has 1 aliphatic heterocycles. The Morgan fingerprint density at radius 2 is 1.81 bits per heavy atom. The first-order chi connectivity index (χ1) is 15.0. The van der Waals surface area contributed by atoms with Gasteiger partial charge in [0.2, 0.25) is 15.9 Å². The van der Waals surface area contributed by atoms with Crippen LogP contribution in [-0.4, -0.2) is 47.7 Å². The lowest BCUT2D eigenvalue weighted by Crippen LogP contribution is -2.31. The molecule has 11 heteroatoms. The van der Waals surface area contributed by atoms with E-state index in [1.807, 2.05) is 0 Å². The number of hydrogen-bond acceptors (Lipinski definition) is 8. The molecule has 9 nitrogen and oxygen atoms in total. The monoisotopic (exact) mass is 462 g/mol. The number of nitrogens with one attached hydrogen (secondary N) is 1. The molecule has 3 heterocycles. The van der Waals surface area contributed by atoms with Crippen LogP contribution in [0.5, 0.6) is 0 Å². The summed E-state index contributed by atoms with van der Waals surface area (Å²) in [5.74, 6) is 0.493. The van der Waals surface area contributed by atoms with Gasteiger partial charge >= 0.3 is 0 Å². The molecule has 0 unspecified atom stereocenters. The van der Waals surface area contributed by atoms with Gasteiger partial charge in [0, 0.05) is 18.8 Å². The summed E-state index contributed by atoms with van der Waals surface area (Å²) in [7, 11) is -3.51. The van der Waals surface area contributed by atoms with E-state index in [1.54, 1.807) is 28.6 Å². The molecule has 1 N–H and O–H groups in total. The molecule has 31 heavy (non-hydrogen) atoms. The first-order valence-corrected chi connectivity index (χ1v) is 12.4. The summed E-state index contributed by atoms with van der Waals surface area (Å²) in [6, 6.07) is 9.65. The van der Waals surface area contributed by atoms with Gasteiger partial charge in [-0.15, -0.1) is 10.2 Å². The molecule has 1 fully saturated rings. The van der Waals surface area contributed by atoms with Crippen molar-refractivity contribution in [1.82, 2.24) is 14.5 Å². The number of carbonyl (C=O) groups excluding carboxylic acids is 1. The molecule has 1 aliphatic rings. The van der Waals surface area contributed by atoms with E-state index in [9.17, 15) is 13.2 Å². The summed E-state index contributed by atoms with van der Waals surface area (Å²) < 4.78 is 37.8. The molecule has 0 atom stereocenters. The lowest BCUT2D eigenvalue weighted by atomic mass is 10.2. The smallest absolute Gasteiger partial charge is 0.284 e. The van der Waals surface area contributed by atoms with E-state index >= 15 is 0 Å². The maximum atomic E-state index is 12.8. The largest absolute Gasteiger partial charge is 0.459 e. The Morgan fingerprint density at radius 1 is 1.06 bits per heavy atom. The molecule has 0 bridgehead atoms. The van der Waals surface area contributed by atoms with Gasteiger partial charge < -0.3 is 14.2 Å². The maximum absolute atomic E-state index is 12.8. The number of benzene rings is 1. The number of thioether (sulfide) groups is 1. The van der Waals surface area contributed by atoms with E-state index in [0.717, 1.165) is 37.4 Å². The second-order valence-corrected chi connectivity index (χ2v) is 9.89. The number of nitrogens with zero attached hydrogens (tertiary/aromatic N) is 3. The molecule has 164 valence electrons. The van der Waals surface area contributed by atoms with Crippen molar-refractivity contribution in [2.75, 3.05) is 24.2 Å². The summed E-state index contributed by atoms with van der Waals surface area (Å²) in [4.78, 5) is 12.5. The topological polar surface area (TPSA) is 119 Å². The number of hydrogen-bond donors (Lipinski definition) is 1. The predicted molar refractivity (Wildman–Crippen MR) is 115 cm³/mol. The molecule has 1 amide bonds. The van der Waals surface area contributed by atoms with Gasteiger partial charge in [0.15, 0.2) is 5.76 Å². The molecule has 0 aliphatic carbocycles. The summed E-state index contributed by atoms with van der Waals surface area (Å²) in [6.45, 7) is 1.10. The van der Waals surface area contributed by atoms with Crippen molar-refractivity contribution >= 4 is 33.4 Å². The molecule has 0 radical (unpaired) electrons. The number of sulfonamides is 1. The molecular weight excluding hydrogens is 440 g/mol. The van der Waals surface area contributed by atoms with E-state index in [-0.39, 0.29) is 27.7 Å². The van der Waals surface area contributed by atoms with Crippen molar-refractivity contribution in [3.8, 4) is 11.7 Å². The van der Waals surface area contributed by atoms with Crippen LogP contribution in [0.25, 0.3) is 11.7 Å². The number of aromatic nitrogens is 2. The number of furan rings is 1. The van der Waals surface area contributed by atoms with Crippen molar-refractivity contribution in [3.05, 3.63) is 42.7 Å². The van der Waals surface area contributed by atoms with E-state index in [1.165, 1.54) is 18.4 Å². The Morgan fingerprint density at radius 3 is 2.48 bits per heavy atom. The quantitative estimate of drug-likeness (QED) is 0.529. The fourth-order valence-electron chi connectivity index (χ4n) is 3.23. The van der Waals surface area contributed by atoms with Crippen molar-refractivity contribution in [1.29, 1.82) is 0 Å². The highest BCUT2D eigenvalue weighted by atomic mass is 32.2. The van der Waals surface area contributed by atoms with Crippen LogP contribution < -0.4 is 5.32 Å². The standard InChI is InChI=1S/C20H22N4O5S2/c25-18(14-30-20-23-22-19(29-20)17-6-5-13-28-17)21-15-7-9-16(10-8-15)31(26,27)24-11-3-1-2-4-12-24/h5-10,13H,1-4,11-12,14H2,(H,21,25). The lowest BCUT2D eigenvalue weighted by molar-refractivity contribution is -0.113. The molecule has 1 saturated heterocycles. The number of rotatable bonds is 7. The molecule has 1 aromatic carbocycles. The van der Waals surface area contributed by atoms with Gasteiger partial charge in [0.1, 0.15) is 0 Å². The summed E-state index contributed by atoms with van der Waals surface area (Å²) in [5, 5.41) is 10.7. The van der Waals surface area contributed by atoms with Crippen LogP contribution in [0.2, 0.25) is 0 Å². The van der Waals surface area contributed by atoms with Gasteiger partial charge in [0.25, 0.3) is 11.1 Å². The van der Waals surface area contributed by atoms with E-state index < -0.39 is 10.0 Å². The minimum atomic E-state index is -3.51. The van der Waals surface area contributed by atoms with Gasteiger partial charge in [0.05, 0.1) is 16.9 Å². The van der Waals surface area contributed by atoms with Gasteiger partial charge in [-0.2, -0.15) is 4.31 Å². The Kier molecular flexibility index (Phi) is 6.73. The Hall–Kier alpha value is -2.63. The summed E-state index contributed by atoms with van der Waals surface area (Å²) in [6.07, 6.45) is 5.39. The third-order valence-electron chi connectivity index (χ3n) is 4.81. The van der Waals surface area contributed by atoms with Crippen LogP contribution in [0.15, 0.2) is 61.6 Å². The molecule has 3 aromatic rings. The number of amides is 1. The highest BCUT2D eigenvalue weighted by Crippen LogP contribution is 2.24. The van der Waals surface area contributed by atoms with Gasteiger partial charge in [-0.1, -0.05) is 24.6 Å². The average molecular weight is 463 g/mol. The van der Waals surface area contributed by atoms with E-state index in [2.05, 4.69) is 15.5 Å².